The van der Waals surface area contributed by atoms with Crippen molar-refractivity contribution in [3.8, 4) is 5.88 Å². The first-order valence-corrected chi connectivity index (χ1v) is 10.2. The largest absolute Gasteiger partial charge is 0.476 e. The van der Waals surface area contributed by atoms with E-state index in [2.05, 4.69) is 38.6 Å². The van der Waals surface area contributed by atoms with Crippen LogP contribution in [0.25, 0.3) is 0 Å². The van der Waals surface area contributed by atoms with Gasteiger partial charge >= 0.3 is 0 Å². The number of rotatable bonds is 6. The molecule has 0 radical (unpaired) electrons. The monoisotopic (exact) mass is 408 g/mol. The molecule has 146 valence electrons. The fourth-order valence-electron chi connectivity index (χ4n) is 2.67. The van der Waals surface area contributed by atoms with Crippen LogP contribution >= 0.6 is 22.9 Å². The lowest BCUT2D eigenvalue weighted by molar-refractivity contribution is 0.261. The molecule has 3 rings (SSSR count). The minimum absolute atomic E-state index is 0.419. The van der Waals surface area contributed by atoms with E-state index in [0.717, 1.165) is 36.9 Å². The van der Waals surface area contributed by atoms with Gasteiger partial charge in [-0.25, -0.2) is 15.0 Å². The van der Waals surface area contributed by atoms with Crippen molar-refractivity contribution < 1.29 is 4.74 Å². The number of pyridine rings is 1. The number of guanidine groups is 1. The third kappa shape index (κ3) is 5.46. The molecule has 3 heterocycles. The Morgan fingerprint density at radius 1 is 1.33 bits per heavy atom. The molecule has 0 aromatic carbocycles. The summed E-state index contributed by atoms with van der Waals surface area (Å²) in [5.74, 6) is 1.43. The van der Waals surface area contributed by atoms with Gasteiger partial charge in [0.25, 0.3) is 0 Å². The number of hydrogen-bond acceptors (Lipinski definition) is 6. The Balaban J connectivity index is 1.52. The van der Waals surface area contributed by atoms with E-state index >= 15 is 0 Å². The van der Waals surface area contributed by atoms with E-state index in [4.69, 9.17) is 22.1 Å². The van der Waals surface area contributed by atoms with Gasteiger partial charge in [-0.2, -0.15) is 0 Å². The van der Waals surface area contributed by atoms with Gasteiger partial charge in [0.2, 0.25) is 5.88 Å². The zero-order valence-electron chi connectivity index (χ0n) is 15.6. The predicted octanol–water partition coefficient (Wildman–Crippen LogP) is 2.86. The number of thiazole rings is 1. The second kappa shape index (κ2) is 9.23. The zero-order valence-corrected chi connectivity index (χ0v) is 17.2. The SMILES string of the molecule is CC(C)COc1ncc(CN=C(N)N2CCN(c3nccs3)CC2)cc1Cl. The number of anilines is 1. The van der Waals surface area contributed by atoms with Gasteiger partial charge in [0, 0.05) is 44.0 Å². The first kappa shape index (κ1) is 19.7. The van der Waals surface area contributed by atoms with Crippen LogP contribution in [0.5, 0.6) is 5.88 Å². The molecular weight excluding hydrogens is 384 g/mol. The summed E-state index contributed by atoms with van der Waals surface area (Å²) in [5.41, 5.74) is 7.08. The maximum absolute atomic E-state index is 6.25. The van der Waals surface area contributed by atoms with E-state index < -0.39 is 0 Å². The number of ether oxygens (including phenoxy) is 1. The van der Waals surface area contributed by atoms with Crippen LogP contribution in [0.2, 0.25) is 5.02 Å². The summed E-state index contributed by atoms with van der Waals surface area (Å²) in [6.45, 7) is 8.62. The highest BCUT2D eigenvalue weighted by Gasteiger charge is 2.19. The summed E-state index contributed by atoms with van der Waals surface area (Å²) in [4.78, 5) is 17.5. The fraction of sp³-hybridized carbons (Fsp3) is 0.500. The highest BCUT2D eigenvalue weighted by Crippen LogP contribution is 2.23. The topological polar surface area (TPSA) is 79.9 Å². The summed E-state index contributed by atoms with van der Waals surface area (Å²) in [5, 5.41) is 3.56. The Kier molecular flexibility index (Phi) is 6.73. The number of hydrogen-bond donors (Lipinski definition) is 1. The van der Waals surface area contributed by atoms with Gasteiger partial charge in [0.15, 0.2) is 11.1 Å². The number of aromatic nitrogens is 2. The molecule has 2 N–H and O–H groups in total. The Bertz CT molecular complexity index is 759. The van der Waals surface area contributed by atoms with Crippen LogP contribution in [0.4, 0.5) is 5.13 Å². The lowest BCUT2D eigenvalue weighted by Gasteiger charge is -2.35. The van der Waals surface area contributed by atoms with Crippen LogP contribution in [0.15, 0.2) is 28.8 Å². The van der Waals surface area contributed by atoms with Gasteiger partial charge in [-0.15, -0.1) is 11.3 Å². The summed E-state index contributed by atoms with van der Waals surface area (Å²) < 4.78 is 5.59. The van der Waals surface area contributed by atoms with Gasteiger partial charge < -0.3 is 20.3 Å². The summed E-state index contributed by atoms with van der Waals surface area (Å²) >= 11 is 7.91. The molecule has 0 amide bonds. The van der Waals surface area contributed by atoms with Crippen LogP contribution < -0.4 is 15.4 Å². The molecule has 1 saturated heterocycles. The molecule has 0 saturated carbocycles. The molecule has 7 nitrogen and oxygen atoms in total. The van der Waals surface area contributed by atoms with Crippen LogP contribution in [-0.4, -0.2) is 53.6 Å². The molecule has 0 unspecified atom stereocenters. The molecule has 0 bridgehead atoms. The van der Waals surface area contributed by atoms with Gasteiger partial charge in [0.1, 0.15) is 5.02 Å². The average molecular weight is 409 g/mol. The normalized spacial score (nSPS) is 15.5. The van der Waals surface area contributed by atoms with Crippen molar-refractivity contribution in [3.05, 3.63) is 34.4 Å². The minimum Gasteiger partial charge on any atom is -0.476 e. The average Bonchev–Trinajstić information content (AvgIpc) is 3.20. The number of piperazine rings is 1. The molecule has 1 aliphatic heterocycles. The number of nitrogens with two attached hydrogens (primary N) is 1. The van der Waals surface area contributed by atoms with Crippen molar-refractivity contribution in [2.75, 3.05) is 37.7 Å². The zero-order chi connectivity index (χ0) is 19.2. The second-order valence-electron chi connectivity index (χ2n) is 6.80. The second-order valence-corrected chi connectivity index (χ2v) is 8.08. The van der Waals surface area contributed by atoms with E-state index in [1.54, 1.807) is 17.5 Å². The Morgan fingerprint density at radius 2 is 2.11 bits per heavy atom. The first-order chi connectivity index (χ1) is 13.0. The molecule has 2 aromatic rings. The number of aliphatic imine (C=N–C) groups is 1. The Morgan fingerprint density at radius 3 is 2.74 bits per heavy atom. The van der Waals surface area contributed by atoms with Crippen LogP contribution in [0.3, 0.4) is 0 Å². The van der Waals surface area contributed by atoms with Crippen LogP contribution in [-0.2, 0) is 6.54 Å². The molecule has 27 heavy (non-hydrogen) atoms. The van der Waals surface area contributed by atoms with Crippen molar-refractivity contribution in [2.24, 2.45) is 16.6 Å². The first-order valence-electron chi connectivity index (χ1n) is 8.99. The number of nitrogens with zero attached hydrogens (tertiary/aromatic N) is 5. The van der Waals surface area contributed by atoms with E-state index in [1.165, 1.54) is 0 Å². The lowest BCUT2D eigenvalue weighted by atomic mass is 10.2. The molecular formula is C18H25ClN6OS. The van der Waals surface area contributed by atoms with E-state index in [9.17, 15) is 0 Å². The molecule has 1 fully saturated rings. The molecule has 9 heteroatoms. The Hall–Kier alpha value is -2.06. The molecule has 0 atom stereocenters. The van der Waals surface area contributed by atoms with E-state index in [1.807, 2.05) is 17.6 Å². The van der Waals surface area contributed by atoms with Gasteiger partial charge in [-0.05, 0) is 17.5 Å². The van der Waals surface area contributed by atoms with Gasteiger partial charge in [-0.3, -0.25) is 0 Å². The van der Waals surface area contributed by atoms with E-state index in [-0.39, 0.29) is 0 Å². The molecule has 2 aromatic heterocycles. The van der Waals surface area contributed by atoms with Crippen molar-refractivity contribution in [2.45, 2.75) is 20.4 Å². The predicted molar refractivity (Wildman–Crippen MR) is 111 cm³/mol. The summed E-state index contributed by atoms with van der Waals surface area (Å²) in [6, 6.07) is 1.83. The van der Waals surface area contributed by atoms with E-state index in [0.29, 0.717) is 35.9 Å². The third-order valence-corrected chi connectivity index (χ3v) is 5.24. The smallest absolute Gasteiger partial charge is 0.232 e. The molecule has 0 aliphatic carbocycles. The third-order valence-electron chi connectivity index (χ3n) is 4.13. The molecule has 0 spiro atoms. The summed E-state index contributed by atoms with van der Waals surface area (Å²) in [7, 11) is 0. The molecule has 1 aliphatic rings. The van der Waals surface area contributed by atoms with Crippen LogP contribution in [0, 0.1) is 5.92 Å². The minimum atomic E-state index is 0.419. The van der Waals surface area contributed by atoms with Gasteiger partial charge in [-0.1, -0.05) is 25.4 Å². The van der Waals surface area contributed by atoms with Gasteiger partial charge in [0.05, 0.1) is 13.2 Å². The van der Waals surface area contributed by atoms with Crippen molar-refractivity contribution in [1.82, 2.24) is 14.9 Å². The number of halogens is 1. The maximum Gasteiger partial charge on any atom is 0.232 e. The standard InChI is InChI=1S/C18H25ClN6OS/c1-13(2)12-26-16-15(19)9-14(10-22-16)11-23-17(20)24-4-6-25(7-5-24)18-21-3-8-27-18/h3,8-10,13H,4-7,11-12H2,1-2H3,(H2,20,23). The van der Waals surface area contributed by atoms with Crippen molar-refractivity contribution in [1.29, 1.82) is 0 Å². The highest BCUT2D eigenvalue weighted by atomic mass is 35.5. The lowest BCUT2D eigenvalue weighted by Crippen LogP contribution is -2.51. The maximum atomic E-state index is 6.25. The fourth-order valence-corrected chi connectivity index (χ4v) is 3.61. The van der Waals surface area contributed by atoms with Crippen molar-refractivity contribution in [3.63, 3.8) is 0 Å². The quantitative estimate of drug-likeness (QED) is 0.584. The highest BCUT2D eigenvalue weighted by molar-refractivity contribution is 7.13. The Labute approximate surface area is 168 Å². The van der Waals surface area contributed by atoms with Crippen LogP contribution in [0.1, 0.15) is 19.4 Å². The summed E-state index contributed by atoms with van der Waals surface area (Å²) in [6.07, 6.45) is 3.57. The van der Waals surface area contributed by atoms with Crippen molar-refractivity contribution >= 4 is 34.0 Å².